The first-order valence-corrected chi connectivity index (χ1v) is 7.41. The number of hydrogen-bond acceptors (Lipinski definition) is 5. The molecule has 0 spiro atoms. The Morgan fingerprint density at radius 3 is 2.95 bits per heavy atom. The molecule has 0 bridgehead atoms. The second kappa shape index (κ2) is 6.71. The van der Waals surface area contributed by atoms with Crippen molar-refractivity contribution in [2.75, 3.05) is 5.73 Å². The van der Waals surface area contributed by atoms with Gasteiger partial charge in [-0.1, -0.05) is 22.9 Å². The van der Waals surface area contributed by atoms with Crippen molar-refractivity contribution < 1.29 is 9.53 Å². The van der Waals surface area contributed by atoms with Crippen molar-refractivity contribution in [3.8, 4) is 0 Å². The third kappa shape index (κ3) is 3.60. The molecule has 7 heteroatoms. The van der Waals surface area contributed by atoms with Crippen molar-refractivity contribution in [1.82, 2.24) is 14.8 Å². The predicted molar refractivity (Wildman–Crippen MR) is 82.7 cm³/mol. The fourth-order valence-corrected chi connectivity index (χ4v) is 2.39. The summed E-state index contributed by atoms with van der Waals surface area (Å²) in [6.07, 6.45) is 2.40. The number of nitrogen functional groups attached to an aromatic ring is 1. The number of aromatic nitrogens is 3. The Labute approximate surface area is 131 Å². The van der Waals surface area contributed by atoms with Crippen LogP contribution < -0.4 is 5.73 Å². The summed E-state index contributed by atoms with van der Waals surface area (Å²) in [5.74, 6) is 0.206. The summed E-state index contributed by atoms with van der Waals surface area (Å²) in [6.45, 7) is 4.67. The zero-order chi connectivity index (χ0) is 15.4. The van der Waals surface area contributed by atoms with Crippen molar-refractivity contribution in [2.45, 2.75) is 33.4 Å². The summed E-state index contributed by atoms with van der Waals surface area (Å²) in [7, 11) is 0. The lowest BCUT2D eigenvalue weighted by Gasteiger charge is -2.10. The maximum atomic E-state index is 12.2. The van der Waals surface area contributed by atoms with E-state index in [1.165, 1.54) is 6.33 Å². The molecule has 1 aromatic heterocycles. The third-order valence-electron chi connectivity index (χ3n) is 3.10. The van der Waals surface area contributed by atoms with Gasteiger partial charge in [0.1, 0.15) is 6.33 Å². The topological polar surface area (TPSA) is 83.0 Å². The summed E-state index contributed by atoms with van der Waals surface area (Å²) in [4.78, 5) is 16.3. The number of rotatable bonds is 5. The Morgan fingerprint density at radius 2 is 2.24 bits per heavy atom. The van der Waals surface area contributed by atoms with E-state index in [9.17, 15) is 4.79 Å². The number of hydrogen-bond donors (Lipinski definition) is 1. The molecule has 1 aromatic carbocycles. The van der Waals surface area contributed by atoms with Gasteiger partial charge >= 0.3 is 5.97 Å². The Balaban J connectivity index is 2.10. The molecule has 0 amide bonds. The first kappa shape index (κ1) is 15.5. The van der Waals surface area contributed by atoms with Crippen LogP contribution in [0.1, 0.15) is 35.1 Å². The van der Waals surface area contributed by atoms with E-state index in [1.54, 1.807) is 23.7 Å². The molecule has 112 valence electrons. The lowest BCUT2D eigenvalue weighted by molar-refractivity contribution is 0.0455. The third-order valence-corrected chi connectivity index (χ3v) is 3.55. The average molecular weight is 353 g/mol. The minimum absolute atomic E-state index is 0.0880. The number of nitrogens with zero attached hydrogens (tertiary/aromatic N) is 3. The van der Waals surface area contributed by atoms with Gasteiger partial charge in [0.05, 0.1) is 5.56 Å². The molecule has 2 rings (SSSR count). The Morgan fingerprint density at radius 1 is 1.48 bits per heavy atom. The molecule has 0 saturated carbocycles. The molecular weight excluding hydrogens is 336 g/mol. The largest absolute Gasteiger partial charge is 0.454 e. The number of anilines is 1. The second-order valence-electron chi connectivity index (χ2n) is 4.64. The summed E-state index contributed by atoms with van der Waals surface area (Å²) in [5, 5.41) is 4.09. The van der Waals surface area contributed by atoms with Gasteiger partial charge in [0, 0.05) is 16.7 Å². The van der Waals surface area contributed by atoms with Gasteiger partial charge in [0.25, 0.3) is 0 Å². The van der Waals surface area contributed by atoms with Crippen molar-refractivity contribution in [2.24, 2.45) is 0 Å². The maximum Gasteiger partial charge on any atom is 0.338 e. The van der Waals surface area contributed by atoms with Crippen molar-refractivity contribution in [3.63, 3.8) is 0 Å². The molecule has 0 aliphatic carbocycles. The summed E-state index contributed by atoms with van der Waals surface area (Å²) in [6, 6.07) is 3.45. The van der Waals surface area contributed by atoms with Crippen LogP contribution in [-0.2, 0) is 17.9 Å². The van der Waals surface area contributed by atoms with Crippen LogP contribution in [0, 0.1) is 6.92 Å². The minimum Gasteiger partial charge on any atom is -0.454 e. The van der Waals surface area contributed by atoms with E-state index in [2.05, 4.69) is 26.0 Å². The van der Waals surface area contributed by atoms with Crippen LogP contribution >= 0.6 is 15.9 Å². The molecule has 6 nitrogen and oxygen atoms in total. The lowest BCUT2D eigenvalue weighted by atomic mass is 10.1. The van der Waals surface area contributed by atoms with Gasteiger partial charge in [0.15, 0.2) is 12.4 Å². The molecule has 0 aliphatic rings. The van der Waals surface area contributed by atoms with E-state index >= 15 is 0 Å². The average Bonchev–Trinajstić information content (AvgIpc) is 2.88. The van der Waals surface area contributed by atoms with Crippen LogP contribution in [-0.4, -0.2) is 20.7 Å². The molecule has 0 aliphatic heterocycles. The van der Waals surface area contributed by atoms with Crippen LogP contribution in [0.25, 0.3) is 0 Å². The quantitative estimate of drug-likeness (QED) is 0.660. The van der Waals surface area contributed by atoms with E-state index in [0.717, 1.165) is 17.4 Å². The molecule has 2 aromatic rings. The smallest absolute Gasteiger partial charge is 0.338 e. The summed E-state index contributed by atoms with van der Waals surface area (Å²) < 4.78 is 7.79. The fraction of sp³-hybridized carbons (Fsp3) is 0.357. The van der Waals surface area contributed by atoms with Gasteiger partial charge < -0.3 is 10.5 Å². The highest BCUT2D eigenvalue weighted by atomic mass is 79.9. The number of halogens is 1. The molecule has 21 heavy (non-hydrogen) atoms. The van der Waals surface area contributed by atoms with Crippen molar-refractivity contribution in [3.05, 3.63) is 39.9 Å². The highest BCUT2D eigenvalue weighted by Crippen LogP contribution is 2.23. The number of benzene rings is 1. The molecule has 0 saturated heterocycles. The monoisotopic (exact) mass is 352 g/mol. The Hall–Kier alpha value is -1.89. The van der Waals surface area contributed by atoms with E-state index < -0.39 is 5.97 Å². The number of esters is 1. The zero-order valence-electron chi connectivity index (χ0n) is 12.0. The van der Waals surface area contributed by atoms with Gasteiger partial charge in [-0.25, -0.2) is 14.5 Å². The van der Waals surface area contributed by atoms with Gasteiger partial charge in [-0.15, -0.1) is 0 Å². The predicted octanol–water partition coefficient (Wildman–Crippen LogP) is 2.70. The zero-order valence-corrected chi connectivity index (χ0v) is 13.6. The van der Waals surface area contributed by atoms with E-state index in [1.807, 2.05) is 6.92 Å². The van der Waals surface area contributed by atoms with Gasteiger partial charge in [-0.3, -0.25) is 0 Å². The van der Waals surface area contributed by atoms with Crippen LogP contribution in [0.5, 0.6) is 0 Å². The van der Waals surface area contributed by atoms with Crippen LogP contribution in [0.15, 0.2) is 22.9 Å². The number of ether oxygens (including phenoxy) is 1. The van der Waals surface area contributed by atoms with E-state index in [-0.39, 0.29) is 6.61 Å². The molecule has 0 unspecified atom stereocenters. The van der Waals surface area contributed by atoms with Crippen LogP contribution in [0.4, 0.5) is 5.69 Å². The minimum atomic E-state index is -0.424. The molecule has 1 heterocycles. The molecule has 2 N–H and O–H groups in total. The fourth-order valence-electron chi connectivity index (χ4n) is 1.92. The van der Waals surface area contributed by atoms with E-state index in [0.29, 0.717) is 22.6 Å². The second-order valence-corrected chi connectivity index (χ2v) is 5.56. The first-order valence-electron chi connectivity index (χ1n) is 6.62. The number of nitrogens with two attached hydrogens (primary N) is 1. The Kier molecular flexibility index (Phi) is 4.95. The number of aryl methyl sites for hydroxylation is 1. The molecule has 0 fully saturated rings. The van der Waals surface area contributed by atoms with Crippen LogP contribution in [0.3, 0.4) is 0 Å². The van der Waals surface area contributed by atoms with Crippen molar-refractivity contribution in [1.29, 1.82) is 0 Å². The summed E-state index contributed by atoms with van der Waals surface area (Å²) in [5.41, 5.74) is 7.55. The van der Waals surface area contributed by atoms with Gasteiger partial charge in [0.2, 0.25) is 0 Å². The van der Waals surface area contributed by atoms with Gasteiger partial charge in [-0.05, 0) is 31.0 Å². The van der Waals surface area contributed by atoms with E-state index in [4.69, 9.17) is 10.5 Å². The summed E-state index contributed by atoms with van der Waals surface area (Å²) >= 11 is 3.32. The number of carbonyl (C=O) groups excluding carboxylic acids is 1. The van der Waals surface area contributed by atoms with Crippen molar-refractivity contribution >= 4 is 27.6 Å². The van der Waals surface area contributed by atoms with Gasteiger partial charge in [-0.2, -0.15) is 5.10 Å². The molecule has 0 atom stereocenters. The standard InChI is InChI=1S/C14H17BrN4O2/c1-3-4-19-13(17-8-18-19)7-21-14(20)11-5-10(15)6-12(16)9(11)2/h5-6,8H,3-4,7,16H2,1-2H3. The SMILES string of the molecule is CCCn1ncnc1COC(=O)c1cc(Br)cc(N)c1C. The highest BCUT2D eigenvalue weighted by Gasteiger charge is 2.15. The molecular formula is C14H17BrN4O2. The molecule has 0 radical (unpaired) electrons. The number of carbonyl (C=O) groups is 1. The Bertz CT molecular complexity index is 654. The normalized spacial score (nSPS) is 10.6. The first-order chi connectivity index (χ1) is 10.0. The lowest BCUT2D eigenvalue weighted by Crippen LogP contribution is -2.12. The maximum absolute atomic E-state index is 12.2. The van der Waals surface area contributed by atoms with Crippen LogP contribution in [0.2, 0.25) is 0 Å². The highest BCUT2D eigenvalue weighted by molar-refractivity contribution is 9.10.